The van der Waals surface area contributed by atoms with Crippen molar-refractivity contribution in [3.05, 3.63) is 60.3 Å². The third-order valence-electron chi connectivity index (χ3n) is 3.07. The Kier molecular flexibility index (Phi) is 3.13. The molecular formula is C16H12N2O2. The van der Waals surface area contributed by atoms with Crippen molar-refractivity contribution in [1.82, 2.24) is 9.97 Å². The van der Waals surface area contributed by atoms with Crippen molar-refractivity contribution in [2.75, 3.05) is 0 Å². The zero-order valence-corrected chi connectivity index (χ0v) is 10.7. The van der Waals surface area contributed by atoms with Crippen molar-refractivity contribution in [3.63, 3.8) is 0 Å². The van der Waals surface area contributed by atoms with Crippen LogP contribution in [0.25, 0.3) is 22.3 Å². The van der Waals surface area contributed by atoms with Crippen LogP contribution in [0.3, 0.4) is 0 Å². The zero-order chi connectivity index (χ0) is 13.9. The van der Waals surface area contributed by atoms with E-state index in [0.29, 0.717) is 5.69 Å². The summed E-state index contributed by atoms with van der Waals surface area (Å²) in [5.74, 6) is -0.853. The van der Waals surface area contributed by atoms with E-state index in [4.69, 9.17) is 5.11 Å². The van der Waals surface area contributed by atoms with Crippen LogP contribution in [0.2, 0.25) is 0 Å². The molecule has 0 fully saturated rings. The minimum Gasteiger partial charge on any atom is -0.481 e. The van der Waals surface area contributed by atoms with E-state index in [1.165, 1.54) is 0 Å². The molecule has 0 bridgehead atoms. The molecule has 2 heterocycles. The number of carboxylic acids is 1. The molecule has 0 radical (unpaired) electrons. The van der Waals surface area contributed by atoms with Gasteiger partial charge in [-0.25, -0.2) is 4.98 Å². The van der Waals surface area contributed by atoms with Crippen LogP contribution in [0.1, 0.15) is 5.56 Å². The standard InChI is InChI=1S/C16H12N2O2/c19-16(20)10-11-9-15(14-7-3-4-8-17-14)18-13-6-2-1-5-12(11)13/h1-9H,10H2,(H,19,20). The first kappa shape index (κ1) is 12.3. The Morgan fingerprint density at radius 1 is 1.05 bits per heavy atom. The van der Waals surface area contributed by atoms with E-state index in [0.717, 1.165) is 22.2 Å². The number of aliphatic carboxylic acids is 1. The fourth-order valence-electron chi connectivity index (χ4n) is 2.20. The van der Waals surface area contributed by atoms with E-state index in [1.807, 2.05) is 42.5 Å². The largest absolute Gasteiger partial charge is 0.481 e. The first-order chi connectivity index (χ1) is 9.74. The maximum absolute atomic E-state index is 11.0. The topological polar surface area (TPSA) is 63.1 Å². The molecule has 1 aromatic carbocycles. The van der Waals surface area contributed by atoms with Crippen molar-refractivity contribution >= 4 is 16.9 Å². The fourth-order valence-corrected chi connectivity index (χ4v) is 2.20. The van der Waals surface area contributed by atoms with Crippen LogP contribution < -0.4 is 0 Å². The zero-order valence-electron chi connectivity index (χ0n) is 10.7. The number of aromatic nitrogens is 2. The summed E-state index contributed by atoms with van der Waals surface area (Å²) in [5, 5.41) is 9.92. The predicted molar refractivity (Wildman–Crippen MR) is 76.3 cm³/mol. The Morgan fingerprint density at radius 2 is 1.85 bits per heavy atom. The maximum atomic E-state index is 11.0. The first-order valence-electron chi connectivity index (χ1n) is 6.26. The number of carbonyl (C=O) groups is 1. The van der Waals surface area contributed by atoms with Gasteiger partial charge < -0.3 is 5.11 Å². The number of hydrogen-bond acceptors (Lipinski definition) is 3. The lowest BCUT2D eigenvalue weighted by Gasteiger charge is -2.07. The molecule has 0 unspecified atom stereocenters. The van der Waals surface area contributed by atoms with Crippen LogP contribution in [0.4, 0.5) is 0 Å². The van der Waals surface area contributed by atoms with Gasteiger partial charge in [0, 0.05) is 11.6 Å². The van der Waals surface area contributed by atoms with E-state index in [9.17, 15) is 4.79 Å². The van der Waals surface area contributed by atoms with Gasteiger partial charge in [0.05, 0.1) is 23.3 Å². The number of nitrogens with zero attached hydrogens (tertiary/aromatic N) is 2. The van der Waals surface area contributed by atoms with Gasteiger partial charge in [-0.15, -0.1) is 0 Å². The second kappa shape index (κ2) is 5.09. The van der Waals surface area contributed by atoms with Crippen LogP contribution >= 0.6 is 0 Å². The third kappa shape index (κ3) is 2.36. The average Bonchev–Trinajstić information content (AvgIpc) is 2.47. The molecule has 1 N–H and O–H groups in total. The lowest BCUT2D eigenvalue weighted by molar-refractivity contribution is -0.136. The summed E-state index contributed by atoms with van der Waals surface area (Å²) in [7, 11) is 0. The van der Waals surface area contributed by atoms with Crippen LogP contribution in [0, 0.1) is 0 Å². The van der Waals surface area contributed by atoms with Gasteiger partial charge in [-0.05, 0) is 29.8 Å². The lowest BCUT2D eigenvalue weighted by atomic mass is 10.0. The molecule has 0 spiro atoms. The van der Waals surface area contributed by atoms with Crippen LogP contribution in [0.15, 0.2) is 54.7 Å². The molecule has 0 amide bonds. The Labute approximate surface area is 115 Å². The number of para-hydroxylation sites is 1. The quantitative estimate of drug-likeness (QED) is 0.790. The third-order valence-corrected chi connectivity index (χ3v) is 3.07. The minimum atomic E-state index is -0.853. The summed E-state index contributed by atoms with van der Waals surface area (Å²) in [4.78, 5) is 19.8. The number of rotatable bonds is 3. The van der Waals surface area contributed by atoms with Gasteiger partial charge in [0.25, 0.3) is 0 Å². The van der Waals surface area contributed by atoms with Gasteiger partial charge >= 0.3 is 5.97 Å². The molecular weight excluding hydrogens is 252 g/mol. The SMILES string of the molecule is O=C(O)Cc1cc(-c2ccccn2)nc2ccccc12. The van der Waals surface area contributed by atoms with Crippen molar-refractivity contribution in [2.24, 2.45) is 0 Å². The van der Waals surface area contributed by atoms with Gasteiger partial charge in [-0.1, -0.05) is 24.3 Å². The molecule has 0 aliphatic carbocycles. The van der Waals surface area contributed by atoms with E-state index >= 15 is 0 Å². The molecule has 20 heavy (non-hydrogen) atoms. The van der Waals surface area contributed by atoms with Gasteiger partial charge in [-0.3, -0.25) is 9.78 Å². The predicted octanol–water partition coefficient (Wildman–Crippen LogP) is 2.92. The first-order valence-corrected chi connectivity index (χ1v) is 6.26. The van der Waals surface area contributed by atoms with Crippen molar-refractivity contribution in [3.8, 4) is 11.4 Å². The summed E-state index contributed by atoms with van der Waals surface area (Å²) in [6.45, 7) is 0. The summed E-state index contributed by atoms with van der Waals surface area (Å²) in [5.41, 5.74) is 2.97. The molecule has 3 rings (SSSR count). The second-order valence-corrected chi connectivity index (χ2v) is 4.47. The molecule has 4 heteroatoms. The Bertz CT molecular complexity index is 770. The van der Waals surface area contributed by atoms with E-state index in [-0.39, 0.29) is 6.42 Å². The van der Waals surface area contributed by atoms with Gasteiger partial charge in [-0.2, -0.15) is 0 Å². The highest BCUT2D eigenvalue weighted by Crippen LogP contribution is 2.23. The molecule has 98 valence electrons. The highest BCUT2D eigenvalue weighted by atomic mass is 16.4. The van der Waals surface area contributed by atoms with E-state index in [1.54, 1.807) is 12.3 Å². The van der Waals surface area contributed by atoms with Gasteiger partial charge in [0.2, 0.25) is 0 Å². The van der Waals surface area contributed by atoms with Crippen molar-refractivity contribution in [2.45, 2.75) is 6.42 Å². The summed E-state index contributed by atoms with van der Waals surface area (Å²) in [6.07, 6.45) is 1.67. The molecule has 0 aliphatic heterocycles. The fraction of sp³-hybridized carbons (Fsp3) is 0.0625. The molecule has 3 aromatic rings. The van der Waals surface area contributed by atoms with Crippen LogP contribution in [-0.4, -0.2) is 21.0 Å². The second-order valence-electron chi connectivity index (χ2n) is 4.47. The number of hydrogen-bond donors (Lipinski definition) is 1. The number of benzene rings is 1. The number of fused-ring (bicyclic) bond motifs is 1. The highest BCUT2D eigenvalue weighted by molar-refractivity contribution is 5.88. The summed E-state index contributed by atoms with van der Waals surface area (Å²) >= 11 is 0. The Balaban J connectivity index is 2.22. The molecule has 0 atom stereocenters. The van der Waals surface area contributed by atoms with Gasteiger partial charge in [0.15, 0.2) is 0 Å². The molecule has 0 saturated carbocycles. The average molecular weight is 264 g/mol. The Hall–Kier alpha value is -2.75. The van der Waals surface area contributed by atoms with Crippen molar-refractivity contribution in [1.29, 1.82) is 0 Å². The molecule has 2 aromatic heterocycles. The van der Waals surface area contributed by atoms with E-state index < -0.39 is 5.97 Å². The monoisotopic (exact) mass is 264 g/mol. The number of pyridine rings is 2. The van der Waals surface area contributed by atoms with Crippen molar-refractivity contribution < 1.29 is 9.90 Å². The summed E-state index contributed by atoms with van der Waals surface area (Å²) in [6, 6.07) is 14.9. The molecule has 4 nitrogen and oxygen atoms in total. The highest BCUT2D eigenvalue weighted by Gasteiger charge is 2.10. The molecule has 0 saturated heterocycles. The van der Waals surface area contributed by atoms with Crippen LogP contribution in [0.5, 0.6) is 0 Å². The smallest absolute Gasteiger partial charge is 0.307 e. The number of carboxylic acid groups (broad SMARTS) is 1. The van der Waals surface area contributed by atoms with Crippen LogP contribution in [-0.2, 0) is 11.2 Å². The van der Waals surface area contributed by atoms with E-state index in [2.05, 4.69) is 9.97 Å². The molecule has 0 aliphatic rings. The maximum Gasteiger partial charge on any atom is 0.307 e. The Morgan fingerprint density at radius 3 is 2.60 bits per heavy atom. The minimum absolute atomic E-state index is 0.0249. The van der Waals surface area contributed by atoms with Gasteiger partial charge in [0.1, 0.15) is 0 Å². The lowest BCUT2D eigenvalue weighted by Crippen LogP contribution is -2.02. The summed E-state index contributed by atoms with van der Waals surface area (Å²) < 4.78 is 0. The normalized spacial score (nSPS) is 10.6.